The van der Waals surface area contributed by atoms with Gasteiger partial charge in [0.2, 0.25) is 5.91 Å². The number of nitrogens with zero attached hydrogens (tertiary/aromatic N) is 4. The lowest BCUT2D eigenvalue weighted by atomic mass is 9.92. The average molecular weight is 509 g/mol. The van der Waals surface area contributed by atoms with Gasteiger partial charge in [-0.25, -0.2) is 4.68 Å². The molecule has 170 valence electrons. The molecule has 4 aromatic rings. The number of furan rings is 1. The molecule has 1 aliphatic rings. The highest BCUT2D eigenvalue weighted by molar-refractivity contribution is 9.10. The van der Waals surface area contributed by atoms with Gasteiger partial charge in [-0.05, 0) is 56.0 Å². The molecular formula is C25H25BrN4O3. The van der Waals surface area contributed by atoms with E-state index in [4.69, 9.17) is 4.42 Å². The molecule has 0 bridgehead atoms. The second kappa shape index (κ2) is 8.76. The van der Waals surface area contributed by atoms with Gasteiger partial charge in [-0.1, -0.05) is 39.3 Å². The molecule has 1 saturated heterocycles. The number of carbonyl (C=O) groups excluding carboxylic acids is 1. The number of hydrogen-bond acceptors (Lipinski definition) is 5. The number of amides is 1. The number of likely N-dealkylation sites (tertiary alicyclic amines) is 1. The van der Waals surface area contributed by atoms with Crippen molar-refractivity contribution in [3.8, 4) is 5.69 Å². The van der Waals surface area contributed by atoms with Crippen LogP contribution in [-0.4, -0.2) is 44.0 Å². The minimum Gasteiger partial charge on any atom is -0.464 e. The Kier molecular flexibility index (Phi) is 5.80. The molecule has 0 spiro atoms. The zero-order chi connectivity index (χ0) is 23.0. The summed E-state index contributed by atoms with van der Waals surface area (Å²) in [5.41, 5.74) is 3.08. The average Bonchev–Trinajstić information content (AvgIpc) is 3.39. The van der Waals surface area contributed by atoms with Gasteiger partial charge in [-0.15, -0.1) is 5.10 Å². The summed E-state index contributed by atoms with van der Waals surface area (Å²) in [7, 11) is 0. The molecule has 1 aliphatic heterocycles. The maximum Gasteiger partial charge on any atom is 0.227 e. The third-order valence-corrected chi connectivity index (χ3v) is 6.94. The van der Waals surface area contributed by atoms with E-state index >= 15 is 0 Å². The van der Waals surface area contributed by atoms with Crippen molar-refractivity contribution in [1.82, 2.24) is 19.9 Å². The van der Waals surface area contributed by atoms with Crippen LogP contribution in [0.5, 0.6) is 0 Å². The summed E-state index contributed by atoms with van der Waals surface area (Å²) in [6.07, 6.45) is 5.39. The number of benzene rings is 2. The van der Waals surface area contributed by atoms with Crippen LogP contribution < -0.4 is 0 Å². The Hall–Kier alpha value is -2.97. The lowest BCUT2D eigenvalue weighted by molar-refractivity contribution is -0.130. The van der Waals surface area contributed by atoms with Crippen LogP contribution in [0.1, 0.15) is 36.1 Å². The van der Waals surface area contributed by atoms with Crippen LogP contribution >= 0.6 is 15.9 Å². The summed E-state index contributed by atoms with van der Waals surface area (Å²) in [5.74, 6) is 0.0416. The summed E-state index contributed by atoms with van der Waals surface area (Å²) >= 11 is 3.48. The number of para-hydroxylation sites is 1. The highest BCUT2D eigenvalue weighted by atomic mass is 79.9. The van der Waals surface area contributed by atoms with Gasteiger partial charge < -0.3 is 14.4 Å². The quantitative estimate of drug-likeness (QED) is 0.437. The fourth-order valence-electron chi connectivity index (χ4n) is 4.54. The van der Waals surface area contributed by atoms with Crippen molar-refractivity contribution in [2.75, 3.05) is 13.1 Å². The van der Waals surface area contributed by atoms with Gasteiger partial charge in [0.15, 0.2) is 0 Å². The van der Waals surface area contributed by atoms with Crippen molar-refractivity contribution in [2.45, 2.75) is 38.2 Å². The van der Waals surface area contributed by atoms with Gasteiger partial charge in [0, 0.05) is 28.5 Å². The minimum atomic E-state index is -1.11. The molecule has 1 amide bonds. The Morgan fingerprint density at radius 1 is 1.21 bits per heavy atom. The molecule has 1 fully saturated rings. The summed E-state index contributed by atoms with van der Waals surface area (Å²) < 4.78 is 8.28. The van der Waals surface area contributed by atoms with E-state index in [1.54, 1.807) is 17.1 Å². The van der Waals surface area contributed by atoms with Crippen LogP contribution in [0.3, 0.4) is 0 Å². The molecule has 2 aromatic heterocycles. The molecule has 5 rings (SSSR count). The van der Waals surface area contributed by atoms with Crippen LogP contribution in [0.25, 0.3) is 16.7 Å². The molecule has 7 nitrogen and oxygen atoms in total. The van der Waals surface area contributed by atoms with Gasteiger partial charge >= 0.3 is 0 Å². The number of aryl methyl sites for hydroxylation is 1. The van der Waals surface area contributed by atoms with Crippen molar-refractivity contribution < 1.29 is 14.3 Å². The summed E-state index contributed by atoms with van der Waals surface area (Å²) in [5, 5.41) is 20.9. The normalized spacial score (nSPS) is 19.1. The Morgan fingerprint density at radius 3 is 2.91 bits per heavy atom. The van der Waals surface area contributed by atoms with E-state index in [-0.39, 0.29) is 12.3 Å². The Bertz CT molecular complexity index is 1310. The van der Waals surface area contributed by atoms with E-state index in [9.17, 15) is 9.90 Å². The van der Waals surface area contributed by atoms with E-state index in [0.717, 1.165) is 32.3 Å². The molecule has 3 heterocycles. The van der Waals surface area contributed by atoms with Crippen LogP contribution in [0.15, 0.2) is 63.8 Å². The number of hydrogen-bond donors (Lipinski definition) is 1. The summed E-state index contributed by atoms with van der Waals surface area (Å²) in [6, 6.07) is 13.7. The van der Waals surface area contributed by atoms with Gasteiger partial charge in [-0.2, -0.15) is 0 Å². The topological polar surface area (TPSA) is 84.4 Å². The standard InChI is InChI=1S/C25H25BrN4O3/c1-17-13-19(26)7-8-21(17)30-15-23(27-28-30)25(32)9-4-11-29(12-10-25)24(31)14-18-16-33-22-6-3-2-5-20(18)22/h2-3,5-8,13,15-16,32H,4,9-12,14H2,1H3. The maximum atomic E-state index is 13.0. The first-order valence-corrected chi connectivity index (χ1v) is 11.9. The van der Waals surface area contributed by atoms with E-state index in [1.165, 1.54) is 0 Å². The van der Waals surface area contributed by atoms with Crippen molar-refractivity contribution in [2.24, 2.45) is 0 Å². The molecule has 8 heteroatoms. The van der Waals surface area contributed by atoms with Crippen LogP contribution in [0.2, 0.25) is 0 Å². The van der Waals surface area contributed by atoms with Crippen LogP contribution in [-0.2, 0) is 16.8 Å². The lowest BCUT2D eigenvalue weighted by Gasteiger charge is -2.24. The number of rotatable bonds is 4. The molecule has 0 saturated carbocycles. The van der Waals surface area contributed by atoms with Gasteiger partial charge in [0.25, 0.3) is 0 Å². The molecule has 1 N–H and O–H groups in total. The predicted molar refractivity (Wildman–Crippen MR) is 128 cm³/mol. The molecular weight excluding hydrogens is 484 g/mol. The number of halogens is 1. The zero-order valence-corrected chi connectivity index (χ0v) is 20.0. The summed E-state index contributed by atoms with van der Waals surface area (Å²) in [4.78, 5) is 14.9. The lowest BCUT2D eigenvalue weighted by Crippen LogP contribution is -2.34. The van der Waals surface area contributed by atoms with E-state index in [1.807, 2.05) is 54.3 Å². The Balaban J connectivity index is 1.29. The first kappa shape index (κ1) is 21.9. The second-order valence-corrected chi connectivity index (χ2v) is 9.59. The first-order valence-electron chi connectivity index (χ1n) is 11.1. The smallest absolute Gasteiger partial charge is 0.227 e. The Labute approximate surface area is 200 Å². The predicted octanol–water partition coefficient (Wildman–Crippen LogP) is 4.53. The Morgan fingerprint density at radius 2 is 2.06 bits per heavy atom. The molecule has 33 heavy (non-hydrogen) atoms. The fraction of sp³-hybridized carbons (Fsp3) is 0.320. The first-order chi connectivity index (χ1) is 15.9. The molecule has 1 unspecified atom stereocenters. The largest absolute Gasteiger partial charge is 0.464 e. The molecule has 0 radical (unpaired) electrons. The van der Waals surface area contributed by atoms with Gasteiger partial charge in [0.1, 0.15) is 16.9 Å². The highest BCUT2D eigenvalue weighted by Crippen LogP contribution is 2.32. The van der Waals surface area contributed by atoms with Crippen LogP contribution in [0.4, 0.5) is 0 Å². The van der Waals surface area contributed by atoms with Crippen molar-refractivity contribution in [1.29, 1.82) is 0 Å². The molecule has 2 aromatic carbocycles. The fourth-order valence-corrected chi connectivity index (χ4v) is 5.02. The van der Waals surface area contributed by atoms with Gasteiger partial charge in [0.05, 0.1) is 24.6 Å². The number of aromatic nitrogens is 3. The zero-order valence-electron chi connectivity index (χ0n) is 18.4. The number of aliphatic hydroxyl groups is 1. The monoisotopic (exact) mass is 508 g/mol. The third kappa shape index (κ3) is 4.32. The van der Waals surface area contributed by atoms with Crippen molar-refractivity contribution in [3.05, 3.63) is 76.2 Å². The summed E-state index contributed by atoms with van der Waals surface area (Å²) in [6.45, 7) is 3.08. The number of carbonyl (C=O) groups is 1. The van der Waals surface area contributed by atoms with Gasteiger partial charge in [-0.3, -0.25) is 4.79 Å². The molecule has 0 aliphatic carbocycles. The molecule has 1 atom stereocenters. The minimum absolute atomic E-state index is 0.0416. The maximum absolute atomic E-state index is 13.0. The SMILES string of the molecule is Cc1cc(Br)ccc1-n1cc(C2(O)CCCN(C(=O)Cc3coc4ccccc34)CC2)nn1. The van der Waals surface area contributed by atoms with E-state index < -0.39 is 5.60 Å². The third-order valence-electron chi connectivity index (χ3n) is 6.45. The van der Waals surface area contributed by atoms with Crippen molar-refractivity contribution >= 4 is 32.8 Å². The van der Waals surface area contributed by atoms with Crippen LogP contribution in [0, 0.1) is 6.92 Å². The van der Waals surface area contributed by atoms with E-state index in [0.29, 0.717) is 38.0 Å². The number of fused-ring (bicyclic) bond motifs is 1. The van der Waals surface area contributed by atoms with E-state index in [2.05, 4.69) is 26.2 Å². The second-order valence-electron chi connectivity index (χ2n) is 8.68. The van der Waals surface area contributed by atoms with Crippen molar-refractivity contribution in [3.63, 3.8) is 0 Å². The highest BCUT2D eigenvalue weighted by Gasteiger charge is 2.36.